The number of fused-ring (bicyclic) bond motifs is 1. The third-order valence-electron chi connectivity index (χ3n) is 4.52. The van der Waals surface area contributed by atoms with E-state index in [0.29, 0.717) is 15.8 Å². The van der Waals surface area contributed by atoms with Crippen LogP contribution in [0.3, 0.4) is 0 Å². The lowest BCUT2D eigenvalue weighted by Crippen LogP contribution is -2.64. The van der Waals surface area contributed by atoms with E-state index >= 15 is 0 Å². The predicted molar refractivity (Wildman–Crippen MR) is 110 cm³/mol. The van der Waals surface area contributed by atoms with Crippen LogP contribution in [-0.2, 0) is 11.3 Å². The molecule has 2 atom stereocenters. The number of hydrogen-bond donors (Lipinski definition) is 0. The van der Waals surface area contributed by atoms with Crippen LogP contribution in [0.15, 0.2) is 40.4 Å². The molecule has 2 unspecified atom stereocenters. The Morgan fingerprint density at radius 2 is 1.89 bits per heavy atom. The van der Waals surface area contributed by atoms with E-state index in [1.165, 1.54) is 21.6 Å². The number of likely N-dealkylation sites (N-methyl/N-ethyl adjacent to an activating group) is 2. The summed E-state index contributed by atoms with van der Waals surface area (Å²) in [6.07, 6.45) is 1.37. The number of urea groups is 1. The molecule has 0 saturated carbocycles. The van der Waals surface area contributed by atoms with E-state index in [-0.39, 0.29) is 18.5 Å². The number of amidine groups is 1. The third-order valence-corrected chi connectivity index (χ3v) is 5.91. The second kappa shape index (κ2) is 8.12. The molecule has 0 aromatic heterocycles. The Hall–Kier alpha value is -1.70. The van der Waals surface area contributed by atoms with Crippen LogP contribution in [0.5, 0.6) is 0 Å². The van der Waals surface area contributed by atoms with Gasteiger partial charge in [-0.2, -0.15) is 0 Å². The molecule has 1 saturated heterocycles. The van der Waals surface area contributed by atoms with E-state index in [1.54, 1.807) is 19.2 Å². The highest BCUT2D eigenvalue weighted by Gasteiger charge is 2.50. The molecule has 0 spiro atoms. The van der Waals surface area contributed by atoms with E-state index in [9.17, 15) is 9.59 Å². The zero-order valence-corrected chi connectivity index (χ0v) is 17.6. The molecule has 0 radical (unpaired) electrons. The highest BCUT2D eigenvalue weighted by molar-refractivity contribution is 8.13. The smallest absolute Gasteiger partial charge is 0.328 e. The fraction of sp³-hybridized carbons (Fsp3) is 0.389. The maximum Gasteiger partial charge on any atom is 0.328 e. The van der Waals surface area contributed by atoms with Crippen molar-refractivity contribution in [3.63, 3.8) is 0 Å². The van der Waals surface area contributed by atoms with Crippen LogP contribution < -0.4 is 0 Å². The van der Waals surface area contributed by atoms with Crippen LogP contribution in [-0.4, -0.2) is 63.9 Å². The third kappa shape index (κ3) is 4.10. The van der Waals surface area contributed by atoms with Crippen molar-refractivity contribution < 1.29 is 9.59 Å². The van der Waals surface area contributed by atoms with Crippen LogP contribution in [0, 0.1) is 0 Å². The molecule has 2 aliphatic heterocycles. The number of amides is 3. The van der Waals surface area contributed by atoms with Gasteiger partial charge in [0.2, 0.25) is 0 Å². The highest BCUT2D eigenvalue weighted by Crippen LogP contribution is 2.31. The van der Waals surface area contributed by atoms with Crippen molar-refractivity contribution in [1.29, 1.82) is 0 Å². The fourth-order valence-electron chi connectivity index (χ4n) is 3.03. The Morgan fingerprint density at radius 3 is 2.52 bits per heavy atom. The second-order valence-corrected chi connectivity index (χ2v) is 8.45. The van der Waals surface area contributed by atoms with Gasteiger partial charge >= 0.3 is 6.03 Å². The zero-order valence-electron chi connectivity index (χ0n) is 15.2. The molecule has 1 aromatic carbocycles. The molecule has 144 valence electrons. The Balaban J connectivity index is 1.78. The number of carbonyl (C=O) groups is 2. The lowest BCUT2D eigenvalue weighted by Gasteiger charge is -2.40. The molecular formula is C18H20Cl2N4O2S. The molecule has 3 amide bonds. The molecule has 1 fully saturated rings. The summed E-state index contributed by atoms with van der Waals surface area (Å²) in [4.78, 5) is 35.0. The first-order valence-electron chi connectivity index (χ1n) is 8.38. The molecule has 2 heterocycles. The summed E-state index contributed by atoms with van der Waals surface area (Å²) in [5, 5.41) is 2.04. The topological polar surface area (TPSA) is 56.2 Å². The van der Waals surface area contributed by atoms with E-state index < -0.39 is 12.2 Å². The molecule has 3 rings (SSSR count). The molecule has 6 nitrogen and oxygen atoms in total. The minimum Gasteiger partial charge on any atom is -0.339 e. The zero-order chi connectivity index (χ0) is 19.7. The molecule has 9 heteroatoms. The molecule has 1 aromatic rings. The maximum atomic E-state index is 13.1. The average Bonchev–Trinajstić information content (AvgIpc) is 2.95. The van der Waals surface area contributed by atoms with Gasteiger partial charge in [-0.3, -0.25) is 9.69 Å². The van der Waals surface area contributed by atoms with Crippen LogP contribution >= 0.6 is 35.0 Å². The van der Waals surface area contributed by atoms with Gasteiger partial charge in [0.1, 0.15) is 0 Å². The highest BCUT2D eigenvalue weighted by atomic mass is 35.5. The summed E-state index contributed by atoms with van der Waals surface area (Å²) < 4.78 is 0. The standard InChI is InChI=1S/C18H20Cl2N4O2S/c1-11(19)8-9-27-17-21-15-14(22(17)2)16(25)24(18(26)23(15)3)10-12-4-6-13(20)7-5-12/h4-8,14-15H,9-10H2,1-3H3/b11-8-. The van der Waals surface area contributed by atoms with Crippen LogP contribution in [0.25, 0.3) is 0 Å². The summed E-state index contributed by atoms with van der Waals surface area (Å²) in [5.74, 6) is 0.405. The molecule has 0 N–H and O–H groups in total. The number of carbonyl (C=O) groups excluding carboxylic acids is 2. The number of imide groups is 1. The van der Waals surface area contributed by atoms with Crippen LogP contribution in [0.2, 0.25) is 5.02 Å². The Bertz CT molecular complexity index is 808. The van der Waals surface area contributed by atoms with E-state index in [0.717, 1.165) is 10.7 Å². The number of thioether (sulfide) groups is 1. The summed E-state index contributed by atoms with van der Waals surface area (Å²) in [5.41, 5.74) is 0.840. The van der Waals surface area contributed by atoms with Gasteiger partial charge in [-0.25, -0.2) is 9.79 Å². The Kier molecular flexibility index (Phi) is 6.03. The second-order valence-electron chi connectivity index (χ2n) is 6.43. The van der Waals surface area contributed by atoms with Crippen molar-refractivity contribution in [3.8, 4) is 0 Å². The average molecular weight is 427 g/mol. The maximum absolute atomic E-state index is 13.1. The normalized spacial score (nSPS) is 23.1. The quantitative estimate of drug-likeness (QED) is 0.737. The van der Waals surface area contributed by atoms with Crippen molar-refractivity contribution in [2.24, 2.45) is 4.99 Å². The first-order valence-corrected chi connectivity index (χ1v) is 10.1. The van der Waals surface area contributed by atoms with Gasteiger partial charge in [0.05, 0.1) is 6.54 Å². The number of nitrogens with zero attached hydrogens (tertiary/aromatic N) is 4. The van der Waals surface area contributed by atoms with Gasteiger partial charge in [-0.15, -0.1) is 0 Å². The predicted octanol–water partition coefficient (Wildman–Crippen LogP) is 3.61. The van der Waals surface area contributed by atoms with E-state index in [4.69, 9.17) is 23.2 Å². The molecule has 2 aliphatic rings. The van der Waals surface area contributed by atoms with Gasteiger partial charge in [0.25, 0.3) is 5.91 Å². The summed E-state index contributed by atoms with van der Waals surface area (Å²) >= 11 is 13.3. The SMILES string of the molecule is C/C(Cl)=C/CSC1=NC2C(C(=O)N(Cc3ccc(Cl)cc3)C(=O)N2C)N1C. The number of hydrogen-bond acceptors (Lipinski definition) is 5. The molecule has 27 heavy (non-hydrogen) atoms. The number of aliphatic imine (C=N–C) groups is 1. The molecular weight excluding hydrogens is 407 g/mol. The van der Waals surface area contributed by atoms with Gasteiger partial charge in [-0.1, -0.05) is 53.2 Å². The van der Waals surface area contributed by atoms with Gasteiger partial charge in [0, 0.05) is 29.9 Å². The minimum absolute atomic E-state index is 0.201. The number of halogens is 2. The summed E-state index contributed by atoms with van der Waals surface area (Å²) in [7, 11) is 3.50. The van der Waals surface area contributed by atoms with E-state index in [1.807, 2.05) is 37.1 Å². The monoisotopic (exact) mass is 426 g/mol. The Labute approximate surface area is 172 Å². The van der Waals surface area contributed by atoms with Crippen molar-refractivity contribution in [1.82, 2.24) is 14.7 Å². The first-order chi connectivity index (χ1) is 12.8. The number of benzene rings is 1. The molecule has 0 bridgehead atoms. The number of rotatable bonds is 4. The summed E-state index contributed by atoms with van der Waals surface area (Å²) in [6.45, 7) is 2.01. The lowest BCUT2D eigenvalue weighted by molar-refractivity contribution is -0.137. The van der Waals surface area contributed by atoms with Gasteiger partial charge in [-0.05, 0) is 24.6 Å². The van der Waals surface area contributed by atoms with Crippen molar-refractivity contribution in [2.75, 3.05) is 19.8 Å². The summed E-state index contributed by atoms with van der Waals surface area (Å²) in [6, 6.07) is 6.24. The number of allylic oxidation sites excluding steroid dienone is 1. The van der Waals surface area contributed by atoms with Crippen LogP contribution in [0.1, 0.15) is 12.5 Å². The molecule has 0 aliphatic carbocycles. The fourth-order valence-corrected chi connectivity index (χ4v) is 4.31. The van der Waals surface area contributed by atoms with Crippen LogP contribution in [0.4, 0.5) is 4.79 Å². The van der Waals surface area contributed by atoms with Gasteiger partial charge < -0.3 is 9.80 Å². The Morgan fingerprint density at radius 1 is 1.22 bits per heavy atom. The minimum atomic E-state index is -0.524. The first kappa shape index (κ1) is 20.0. The van der Waals surface area contributed by atoms with Gasteiger partial charge in [0.15, 0.2) is 17.4 Å². The lowest BCUT2D eigenvalue weighted by atomic mass is 10.1. The van der Waals surface area contributed by atoms with Crippen molar-refractivity contribution in [3.05, 3.63) is 46.0 Å². The largest absolute Gasteiger partial charge is 0.339 e. The van der Waals surface area contributed by atoms with Crippen molar-refractivity contribution >= 4 is 52.1 Å². The van der Waals surface area contributed by atoms with Crippen molar-refractivity contribution in [2.45, 2.75) is 25.7 Å². The van der Waals surface area contributed by atoms with E-state index in [2.05, 4.69) is 4.99 Å².